The molecule has 4 rings (SSSR count). The zero-order valence-electron chi connectivity index (χ0n) is 18.4. The summed E-state index contributed by atoms with van der Waals surface area (Å²) in [4.78, 5) is 31.4. The predicted octanol–water partition coefficient (Wildman–Crippen LogP) is 3.62. The Bertz CT molecular complexity index is 1450. The van der Waals surface area contributed by atoms with E-state index in [2.05, 4.69) is 24.9 Å². The van der Waals surface area contributed by atoms with Crippen LogP contribution in [0, 0.1) is 24.2 Å². The molecular formula is C25H25N5O2. The van der Waals surface area contributed by atoms with Gasteiger partial charge in [0.2, 0.25) is 0 Å². The highest BCUT2D eigenvalue weighted by molar-refractivity contribution is 5.73. The third kappa shape index (κ3) is 3.76. The third-order valence-electron chi connectivity index (χ3n) is 5.67. The number of imidazole rings is 1. The van der Waals surface area contributed by atoms with Crippen molar-refractivity contribution in [3.63, 3.8) is 0 Å². The van der Waals surface area contributed by atoms with E-state index in [1.807, 2.05) is 49.4 Å². The smallest absolute Gasteiger partial charge is 0.320 e. The number of nitriles is 1. The number of hydrogen-bond acceptors (Lipinski definition) is 4. The van der Waals surface area contributed by atoms with Crippen LogP contribution in [0.25, 0.3) is 16.9 Å². The second-order valence-corrected chi connectivity index (χ2v) is 8.36. The minimum atomic E-state index is -0.389. The van der Waals surface area contributed by atoms with Gasteiger partial charge in [-0.1, -0.05) is 50.2 Å². The highest BCUT2D eigenvalue weighted by Gasteiger charge is 2.20. The van der Waals surface area contributed by atoms with Crippen molar-refractivity contribution in [2.75, 3.05) is 0 Å². The zero-order chi connectivity index (χ0) is 22.8. The van der Waals surface area contributed by atoms with Gasteiger partial charge in [-0.05, 0) is 42.5 Å². The van der Waals surface area contributed by atoms with Gasteiger partial charge in [0.1, 0.15) is 0 Å². The lowest BCUT2D eigenvalue weighted by atomic mass is 10.1. The summed E-state index contributed by atoms with van der Waals surface area (Å²) in [5, 5.41) is 9.45. The number of aryl methyl sites for hydroxylation is 1. The van der Waals surface area contributed by atoms with Crippen molar-refractivity contribution in [1.29, 1.82) is 5.26 Å². The summed E-state index contributed by atoms with van der Waals surface area (Å²) in [6.07, 6.45) is 2.28. The summed E-state index contributed by atoms with van der Waals surface area (Å²) >= 11 is 0. The van der Waals surface area contributed by atoms with Crippen molar-refractivity contribution in [2.24, 2.45) is 5.92 Å². The molecular weight excluding hydrogens is 402 g/mol. The summed E-state index contributed by atoms with van der Waals surface area (Å²) in [6, 6.07) is 17.0. The fourth-order valence-electron chi connectivity index (χ4n) is 3.87. The lowest BCUT2D eigenvalue weighted by Gasteiger charge is -2.15. The predicted molar refractivity (Wildman–Crippen MR) is 124 cm³/mol. The molecule has 2 heterocycles. The Balaban J connectivity index is 2.00. The quantitative estimate of drug-likeness (QED) is 0.470. The topological polar surface area (TPSA) is 85.6 Å². The fraction of sp³-hybridized carbons (Fsp3) is 0.280. The van der Waals surface area contributed by atoms with Gasteiger partial charge in [-0.2, -0.15) is 5.26 Å². The van der Waals surface area contributed by atoms with Gasteiger partial charge < -0.3 is 4.57 Å². The molecule has 0 saturated carbocycles. The molecule has 0 amide bonds. The molecule has 32 heavy (non-hydrogen) atoms. The maximum atomic E-state index is 13.5. The molecule has 7 nitrogen and oxygen atoms in total. The molecule has 2 aromatic heterocycles. The van der Waals surface area contributed by atoms with E-state index in [1.165, 1.54) is 9.13 Å². The Morgan fingerprint density at radius 3 is 2.50 bits per heavy atom. The molecule has 4 aromatic rings. The van der Waals surface area contributed by atoms with Crippen LogP contribution in [0.1, 0.15) is 37.0 Å². The molecule has 0 aliphatic rings. The molecule has 0 aliphatic heterocycles. The molecule has 7 heteroatoms. The summed E-state index contributed by atoms with van der Waals surface area (Å²) in [5.74, 6) is 0.344. The average molecular weight is 428 g/mol. The van der Waals surface area contributed by atoms with E-state index in [-0.39, 0.29) is 11.2 Å². The highest BCUT2D eigenvalue weighted by Crippen LogP contribution is 2.18. The Labute approximate surface area is 185 Å². The number of para-hydroxylation sites is 1. The van der Waals surface area contributed by atoms with Crippen LogP contribution in [0.15, 0.2) is 64.4 Å². The lowest BCUT2D eigenvalue weighted by Crippen LogP contribution is -2.40. The van der Waals surface area contributed by atoms with E-state index in [4.69, 9.17) is 0 Å². The summed E-state index contributed by atoms with van der Waals surface area (Å²) in [5.41, 5.74) is 2.87. The first-order chi connectivity index (χ1) is 15.4. The molecule has 2 aromatic carbocycles. The van der Waals surface area contributed by atoms with Gasteiger partial charge >= 0.3 is 5.69 Å². The van der Waals surface area contributed by atoms with Crippen LogP contribution in [0.5, 0.6) is 0 Å². The molecule has 0 atom stereocenters. The third-order valence-corrected chi connectivity index (χ3v) is 5.67. The average Bonchev–Trinajstić information content (AvgIpc) is 3.18. The van der Waals surface area contributed by atoms with Gasteiger partial charge in [0, 0.05) is 6.54 Å². The van der Waals surface area contributed by atoms with Gasteiger partial charge in [-0.15, -0.1) is 0 Å². The monoisotopic (exact) mass is 427 g/mol. The normalized spacial score (nSPS) is 11.2. The van der Waals surface area contributed by atoms with Crippen LogP contribution in [0.3, 0.4) is 0 Å². The number of nitrogens with zero attached hydrogens (tertiary/aromatic N) is 5. The number of aromatic nitrogens is 4. The van der Waals surface area contributed by atoms with Crippen LogP contribution in [-0.2, 0) is 13.1 Å². The van der Waals surface area contributed by atoms with E-state index in [1.54, 1.807) is 17.0 Å². The van der Waals surface area contributed by atoms with Crippen molar-refractivity contribution in [3.05, 3.63) is 92.4 Å². The molecule has 0 N–H and O–H groups in total. The van der Waals surface area contributed by atoms with Gasteiger partial charge in [0.25, 0.3) is 5.56 Å². The van der Waals surface area contributed by atoms with Crippen LogP contribution in [0.4, 0.5) is 0 Å². The minimum absolute atomic E-state index is 0.311. The minimum Gasteiger partial charge on any atom is -0.320 e. The number of hydrogen-bond donors (Lipinski definition) is 0. The van der Waals surface area contributed by atoms with Crippen molar-refractivity contribution in [2.45, 2.75) is 40.3 Å². The van der Waals surface area contributed by atoms with Gasteiger partial charge in [0.15, 0.2) is 11.2 Å². The molecule has 0 radical (unpaired) electrons. The van der Waals surface area contributed by atoms with Crippen molar-refractivity contribution in [1.82, 2.24) is 18.7 Å². The molecule has 0 aliphatic carbocycles. The molecule has 0 unspecified atom stereocenters. The zero-order valence-corrected chi connectivity index (χ0v) is 18.4. The van der Waals surface area contributed by atoms with Gasteiger partial charge in [-0.3, -0.25) is 9.36 Å². The largest absolute Gasteiger partial charge is 0.337 e. The summed E-state index contributed by atoms with van der Waals surface area (Å²) in [6.45, 7) is 6.69. The second-order valence-electron chi connectivity index (χ2n) is 8.36. The Morgan fingerprint density at radius 2 is 1.78 bits per heavy atom. The lowest BCUT2D eigenvalue weighted by molar-refractivity contribution is 0.491. The van der Waals surface area contributed by atoms with E-state index in [9.17, 15) is 14.9 Å². The fourth-order valence-corrected chi connectivity index (χ4v) is 3.87. The Hall–Kier alpha value is -3.92. The summed E-state index contributed by atoms with van der Waals surface area (Å²) in [7, 11) is 0. The van der Waals surface area contributed by atoms with E-state index in [0.717, 1.165) is 11.1 Å². The second kappa shape index (κ2) is 8.67. The van der Waals surface area contributed by atoms with Crippen molar-refractivity contribution < 1.29 is 0 Å². The number of fused-ring (bicyclic) bond motifs is 1. The summed E-state index contributed by atoms with van der Waals surface area (Å²) < 4.78 is 4.57. The first kappa shape index (κ1) is 21.3. The van der Waals surface area contributed by atoms with E-state index in [0.29, 0.717) is 47.8 Å². The van der Waals surface area contributed by atoms with Crippen molar-refractivity contribution >= 4 is 11.2 Å². The Morgan fingerprint density at radius 1 is 1.06 bits per heavy atom. The first-order valence-corrected chi connectivity index (χ1v) is 10.7. The highest BCUT2D eigenvalue weighted by atomic mass is 16.2. The standard InChI is InChI=1S/C25H25N5O2/c1-17(2)12-13-29-24(31)22-23(30(25(29)32)21-11-7-4-8-18(21)3)27-16-28(22)15-20-10-6-5-9-19(20)14-26/h4-11,16-17H,12-13,15H2,1-3H3. The molecule has 162 valence electrons. The SMILES string of the molecule is Cc1ccccc1-n1c(=O)n(CCC(C)C)c(=O)c2c1ncn2Cc1ccccc1C#N. The molecule has 0 fully saturated rings. The van der Waals surface area contributed by atoms with Crippen LogP contribution in [0.2, 0.25) is 0 Å². The molecule has 0 spiro atoms. The number of benzene rings is 2. The van der Waals surface area contributed by atoms with Crippen LogP contribution in [-0.4, -0.2) is 18.7 Å². The van der Waals surface area contributed by atoms with Crippen molar-refractivity contribution in [3.8, 4) is 11.8 Å². The molecule has 0 bridgehead atoms. The van der Waals surface area contributed by atoms with Crippen LogP contribution < -0.4 is 11.2 Å². The maximum Gasteiger partial charge on any atom is 0.337 e. The van der Waals surface area contributed by atoms with Gasteiger partial charge in [0.05, 0.1) is 30.2 Å². The van der Waals surface area contributed by atoms with E-state index < -0.39 is 0 Å². The van der Waals surface area contributed by atoms with E-state index >= 15 is 0 Å². The van der Waals surface area contributed by atoms with Gasteiger partial charge in [-0.25, -0.2) is 14.3 Å². The maximum absolute atomic E-state index is 13.5. The Kier molecular flexibility index (Phi) is 5.78. The first-order valence-electron chi connectivity index (χ1n) is 10.7. The number of rotatable bonds is 6. The molecule has 0 saturated heterocycles. The van der Waals surface area contributed by atoms with Crippen LogP contribution >= 0.6 is 0 Å².